The molecule has 0 radical (unpaired) electrons. The standard InChI is InChI=1S/C11H18N6O2S/c1-11(2)16-9(12)15-10(13)17(11)7-4-3-5-8(6-7)20(14,18)19/h4,6H,3,5H2,1-2H3,(H2,14,18,19)(H4,12,13,15,16). The summed E-state index contributed by atoms with van der Waals surface area (Å²) < 4.78 is 22.9. The van der Waals surface area contributed by atoms with E-state index in [4.69, 9.17) is 16.6 Å². The highest BCUT2D eigenvalue weighted by Crippen LogP contribution is 2.30. The van der Waals surface area contributed by atoms with Crippen molar-refractivity contribution in [2.45, 2.75) is 32.4 Å². The fraction of sp³-hybridized carbons (Fsp3) is 0.455. The first kappa shape index (κ1) is 14.5. The maximum Gasteiger partial charge on any atom is 0.234 e. The van der Waals surface area contributed by atoms with Gasteiger partial charge < -0.3 is 11.5 Å². The van der Waals surface area contributed by atoms with Crippen LogP contribution in [0.2, 0.25) is 0 Å². The van der Waals surface area contributed by atoms with Crippen LogP contribution in [0, 0.1) is 0 Å². The van der Waals surface area contributed by atoms with Crippen LogP contribution in [0.25, 0.3) is 0 Å². The van der Waals surface area contributed by atoms with Crippen LogP contribution in [0.1, 0.15) is 26.7 Å². The van der Waals surface area contributed by atoms with E-state index in [0.717, 1.165) is 0 Å². The Kier molecular flexibility index (Phi) is 3.34. The number of hydrogen-bond acceptors (Lipinski definition) is 7. The van der Waals surface area contributed by atoms with E-state index in [1.165, 1.54) is 6.08 Å². The third-order valence-corrected chi connectivity index (χ3v) is 4.12. The topological polar surface area (TPSA) is 140 Å². The lowest BCUT2D eigenvalue weighted by atomic mass is 10.1. The van der Waals surface area contributed by atoms with E-state index in [2.05, 4.69) is 9.98 Å². The van der Waals surface area contributed by atoms with Crippen molar-refractivity contribution in [3.05, 3.63) is 22.8 Å². The van der Waals surface area contributed by atoms with Gasteiger partial charge in [0.05, 0.1) is 4.91 Å². The molecule has 0 unspecified atom stereocenters. The summed E-state index contributed by atoms with van der Waals surface area (Å²) in [5.41, 5.74) is 11.3. The van der Waals surface area contributed by atoms with Gasteiger partial charge in [0.15, 0.2) is 0 Å². The van der Waals surface area contributed by atoms with Crippen LogP contribution in [0.5, 0.6) is 0 Å². The lowest BCUT2D eigenvalue weighted by molar-refractivity contribution is 0.272. The maximum atomic E-state index is 11.5. The molecule has 1 heterocycles. The van der Waals surface area contributed by atoms with Crippen molar-refractivity contribution in [3.63, 3.8) is 0 Å². The number of rotatable bonds is 2. The Balaban J connectivity index is 2.45. The van der Waals surface area contributed by atoms with Crippen molar-refractivity contribution in [1.82, 2.24) is 4.90 Å². The fourth-order valence-electron chi connectivity index (χ4n) is 2.29. The second-order valence-electron chi connectivity index (χ2n) is 5.09. The molecule has 2 rings (SSSR count). The second kappa shape index (κ2) is 4.60. The predicted molar refractivity (Wildman–Crippen MR) is 77.7 cm³/mol. The molecule has 110 valence electrons. The lowest BCUT2D eigenvalue weighted by Gasteiger charge is -2.39. The zero-order chi connectivity index (χ0) is 15.1. The smallest absolute Gasteiger partial charge is 0.234 e. The van der Waals surface area contributed by atoms with Crippen LogP contribution in [-0.4, -0.2) is 30.9 Å². The van der Waals surface area contributed by atoms with Crippen molar-refractivity contribution in [2.24, 2.45) is 26.6 Å². The van der Waals surface area contributed by atoms with Crippen LogP contribution in [-0.2, 0) is 10.0 Å². The molecule has 9 heteroatoms. The quantitative estimate of drug-likeness (QED) is 0.631. The minimum atomic E-state index is -3.71. The molecule has 0 saturated carbocycles. The number of sulfonamides is 1. The number of nitrogens with zero attached hydrogens (tertiary/aromatic N) is 3. The fourth-order valence-corrected chi connectivity index (χ4v) is 2.98. The van der Waals surface area contributed by atoms with E-state index in [9.17, 15) is 8.42 Å². The van der Waals surface area contributed by atoms with Crippen LogP contribution in [0.4, 0.5) is 0 Å². The largest absolute Gasteiger partial charge is 0.369 e. The van der Waals surface area contributed by atoms with Gasteiger partial charge in [0.25, 0.3) is 0 Å². The summed E-state index contributed by atoms with van der Waals surface area (Å²) in [6.07, 6.45) is 4.30. The van der Waals surface area contributed by atoms with Gasteiger partial charge >= 0.3 is 0 Å². The van der Waals surface area contributed by atoms with E-state index < -0.39 is 15.7 Å². The summed E-state index contributed by atoms with van der Waals surface area (Å²) in [5.74, 6) is 0.261. The average molecular weight is 298 g/mol. The number of aliphatic imine (C=N–C) groups is 2. The number of nitrogens with two attached hydrogens (primary N) is 3. The monoisotopic (exact) mass is 298 g/mol. The molecule has 0 atom stereocenters. The van der Waals surface area contributed by atoms with Crippen molar-refractivity contribution in [3.8, 4) is 0 Å². The second-order valence-corrected chi connectivity index (χ2v) is 6.71. The predicted octanol–water partition coefficient (Wildman–Crippen LogP) is -0.482. The third-order valence-electron chi connectivity index (χ3n) is 3.07. The molecule has 0 aromatic heterocycles. The third kappa shape index (κ3) is 2.68. The van der Waals surface area contributed by atoms with Gasteiger partial charge in [0.2, 0.25) is 21.9 Å². The summed E-state index contributed by atoms with van der Waals surface area (Å²) >= 11 is 0. The minimum Gasteiger partial charge on any atom is -0.369 e. The van der Waals surface area contributed by atoms with Gasteiger partial charge in [-0.05, 0) is 32.8 Å². The van der Waals surface area contributed by atoms with Crippen molar-refractivity contribution in [2.75, 3.05) is 0 Å². The Morgan fingerprint density at radius 3 is 2.55 bits per heavy atom. The van der Waals surface area contributed by atoms with Crippen LogP contribution in [0.15, 0.2) is 32.7 Å². The van der Waals surface area contributed by atoms with Gasteiger partial charge in [-0.15, -0.1) is 0 Å². The number of primary sulfonamides is 1. The highest BCUT2D eigenvalue weighted by molar-refractivity contribution is 7.93. The van der Waals surface area contributed by atoms with Gasteiger partial charge in [0, 0.05) is 5.70 Å². The van der Waals surface area contributed by atoms with Crippen molar-refractivity contribution < 1.29 is 8.42 Å². The molecule has 0 bridgehead atoms. The Morgan fingerprint density at radius 1 is 1.35 bits per heavy atom. The van der Waals surface area contributed by atoms with Crippen molar-refractivity contribution in [1.29, 1.82) is 0 Å². The molecule has 0 saturated heterocycles. The normalized spacial score (nSPS) is 22.6. The molecule has 2 aliphatic rings. The molecule has 0 spiro atoms. The van der Waals surface area contributed by atoms with E-state index in [1.54, 1.807) is 18.7 Å². The van der Waals surface area contributed by atoms with Gasteiger partial charge in [-0.1, -0.05) is 6.08 Å². The molecule has 0 amide bonds. The van der Waals surface area contributed by atoms with Crippen LogP contribution in [0.3, 0.4) is 0 Å². The SMILES string of the molecule is CC1(C)N=C(N)N=C(N)N1C1=CCCC(S(N)(=O)=O)=C1. The summed E-state index contributed by atoms with van der Waals surface area (Å²) in [5, 5.41) is 5.18. The van der Waals surface area contributed by atoms with Gasteiger partial charge in [0.1, 0.15) is 5.66 Å². The average Bonchev–Trinajstić information content (AvgIpc) is 2.25. The molecule has 0 aromatic rings. The van der Waals surface area contributed by atoms with Gasteiger partial charge in [-0.2, -0.15) is 4.99 Å². The summed E-state index contributed by atoms with van der Waals surface area (Å²) in [4.78, 5) is 9.93. The zero-order valence-electron chi connectivity index (χ0n) is 11.4. The molecular formula is C11H18N6O2S. The number of allylic oxidation sites excluding steroid dienone is 3. The Bertz CT molecular complexity index is 656. The first-order valence-electron chi connectivity index (χ1n) is 6.04. The number of hydrogen-bond donors (Lipinski definition) is 3. The highest BCUT2D eigenvalue weighted by Gasteiger charge is 2.34. The van der Waals surface area contributed by atoms with Crippen LogP contribution >= 0.6 is 0 Å². The van der Waals surface area contributed by atoms with Gasteiger partial charge in [-0.25, -0.2) is 18.5 Å². The summed E-state index contributed by atoms with van der Waals surface area (Å²) in [6, 6.07) is 0. The Labute approximate surface area is 117 Å². The highest BCUT2D eigenvalue weighted by atomic mass is 32.2. The molecule has 1 aliphatic heterocycles. The summed E-state index contributed by atoms with van der Waals surface area (Å²) in [6.45, 7) is 3.61. The van der Waals surface area contributed by atoms with E-state index in [1.807, 2.05) is 6.08 Å². The van der Waals surface area contributed by atoms with E-state index in [0.29, 0.717) is 18.5 Å². The molecule has 0 aromatic carbocycles. The lowest BCUT2D eigenvalue weighted by Crippen LogP contribution is -2.53. The van der Waals surface area contributed by atoms with Crippen molar-refractivity contribution >= 4 is 21.9 Å². The van der Waals surface area contributed by atoms with E-state index >= 15 is 0 Å². The zero-order valence-corrected chi connectivity index (χ0v) is 12.2. The maximum absolute atomic E-state index is 11.5. The molecule has 1 aliphatic carbocycles. The van der Waals surface area contributed by atoms with E-state index in [-0.39, 0.29) is 16.8 Å². The van der Waals surface area contributed by atoms with Crippen LogP contribution < -0.4 is 16.6 Å². The van der Waals surface area contributed by atoms with Gasteiger partial charge in [-0.3, -0.25) is 4.90 Å². The molecule has 8 nitrogen and oxygen atoms in total. The Hall–Kier alpha value is -1.87. The Morgan fingerprint density at radius 2 is 2.00 bits per heavy atom. The molecular weight excluding hydrogens is 280 g/mol. The summed E-state index contributed by atoms with van der Waals surface area (Å²) in [7, 11) is -3.71. The number of guanidine groups is 2. The molecule has 6 N–H and O–H groups in total. The first-order valence-corrected chi connectivity index (χ1v) is 7.59. The molecule has 20 heavy (non-hydrogen) atoms. The first-order chi connectivity index (χ1) is 9.11. The minimum absolute atomic E-state index is 0.0933. The molecule has 0 fully saturated rings.